The number of aromatic nitrogens is 1. The summed E-state index contributed by atoms with van der Waals surface area (Å²) in [5, 5.41) is 6.44. The zero-order valence-electron chi connectivity index (χ0n) is 12.5. The van der Waals surface area contributed by atoms with Crippen molar-refractivity contribution in [2.24, 2.45) is 0 Å². The van der Waals surface area contributed by atoms with Gasteiger partial charge in [0.25, 0.3) is 0 Å². The van der Waals surface area contributed by atoms with Crippen molar-refractivity contribution in [2.75, 3.05) is 13.1 Å². The zero-order valence-corrected chi connectivity index (χ0v) is 14.1. The zero-order chi connectivity index (χ0) is 14.5. The fourth-order valence-corrected chi connectivity index (χ4v) is 3.70. The van der Waals surface area contributed by atoms with Gasteiger partial charge in [0.15, 0.2) is 5.78 Å². The molecule has 0 spiro atoms. The summed E-state index contributed by atoms with van der Waals surface area (Å²) >= 11 is 1.65. The van der Waals surface area contributed by atoms with Gasteiger partial charge < -0.3 is 5.32 Å². The van der Waals surface area contributed by atoms with Crippen LogP contribution in [0.3, 0.4) is 0 Å². The Morgan fingerprint density at radius 1 is 1.23 bits per heavy atom. The fraction of sp³-hybridized carbons (Fsp3) is 0.412. The molecule has 1 saturated heterocycles. The summed E-state index contributed by atoms with van der Waals surface area (Å²) < 4.78 is 0. The molecular formula is C17H21ClN2OS. The van der Waals surface area contributed by atoms with Gasteiger partial charge >= 0.3 is 0 Å². The fourth-order valence-electron chi connectivity index (χ4n) is 2.70. The first-order valence-electron chi connectivity index (χ1n) is 7.56. The normalized spacial score (nSPS) is 15.3. The third-order valence-corrected chi connectivity index (χ3v) is 4.99. The molecule has 1 aliphatic rings. The van der Waals surface area contributed by atoms with Gasteiger partial charge in [-0.15, -0.1) is 23.7 Å². The first kappa shape index (κ1) is 17.1. The van der Waals surface area contributed by atoms with E-state index in [4.69, 9.17) is 0 Å². The highest BCUT2D eigenvalue weighted by molar-refractivity contribution is 7.09. The van der Waals surface area contributed by atoms with Crippen LogP contribution in [0.5, 0.6) is 0 Å². The Kier molecular flexibility index (Phi) is 6.55. The Bertz CT molecular complexity index is 594. The van der Waals surface area contributed by atoms with E-state index in [1.165, 1.54) is 5.56 Å². The van der Waals surface area contributed by atoms with Gasteiger partial charge in [-0.25, -0.2) is 4.98 Å². The molecule has 118 valence electrons. The summed E-state index contributed by atoms with van der Waals surface area (Å²) in [5.41, 5.74) is 1.86. The Morgan fingerprint density at radius 2 is 1.95 bits per heavy atom. The highest BCUT2D eigenvalue weighted by Crippen LogP contribution is 2.28. The molecule has 0 atom stereocenters. The summed E-state index contributed by atoms with van der Waals surface area (Å²) in [7, 11) is 0. The maximum Gasteiger partial charge on any atom is 0.182 e. The number of halogens is 1. The van der Waals surface area contributed by atoms with Crippen molar-refractivity contribution >= 4 is 29.5 Å². The van der Waals surface area contributed by atoms with Gasteiger partial charge in [-0.3, -0.25) is 4.79 Å². The van der Waals surface area contributed by atoms with Crippen LogP contribution in [0.15, 0.2) is 35.7 Å². The average molecular weight is 337 g/mol. The van der Waals surface area contributed by atoms with Crippen LogP contribution in [0.2, 0.25) is 0 Å². The smallest absolute Gasteiger partial charge is 0.182 e. The van der Waals surface area contributed by atoms with E-state index in [1.807, 2.05) is 23.6 Å². The second-order valence-corrected chi connectivity index (χ2v) is 6.39. The van der Waals surface area contributed by atoms with Crippen LogP contribution < -0.4 is 5.32 Å². The number of Topliss-reactive ketones (excluding diaryl/α,β-unsaturated/α-hetero) is 1. The third-order valence-electron chi connectivity index (χ3n) is 3.98. The van der Waals surface area contributed by atoms with Crippen molar-refractivity contribution < 1.29 is 4.79 Å². The monoisotopic (exact) mass is 336 g/mol. The van der Waals surface area contributed by atoms with Gasteiger partial charge in [-0.1, -0.05) is 30.3 Å². The van der Waals surface area contributed by atoms with Crippen molar-refractivity contribution in [1.82, 2.24) is 10.3 Å². The second-order valence-electron chi connectivity index (χ2n) is 5.50. The largest absolute Gasteiger partial charge is 0.317 e. The van der Waals surface area contributed by atoms with Gasteiger partial charge in [0.05, 0.1) is 5.01 Å². The van der Waals surface area contributed by atoms with Gasteiger partial charge in [0, 0.05) is 17.7 Å². The van der Waals surface area contributed by atoms with Crippen LogP contribution in [0.25, 0.3) is 0 Å². The average Bonchev–Trinajstić information content (AvgIpc) is 3.04. The molecule has 1 N–H and O–H groups in total. The lowest BCUT2D eigenvalue weighted by Gasteiger charge is -2.20. The number of hydrogen-bond donors (Lipinski definition) is 1. The standard InChI is InChI=1S/C17H20N2OS.ClH/c20-16(7-6-13-4-2-1-3-5-13)15-12-21-17(19-15)14-8-10-18-11-9-14;/h1-5,12,14,18H,6-11H2;1H. The first-order valence-corrected chi connectivity index (χ1v) is 8.44. The maximum absolute atomic E-state index is 12.2. The topological polar surface area (TPSA) is 42.0 Å². The number of thiazole rings is 1. The number of hydrogen-bond acceptors (Lipinski definition) is 4. The SMILES string of the molecule is Cl.O=C(CCc1ccccc1)c1csc(C2CCNCC2)n1. The predicted molar refractivity (Wildman–Crippen MR) is 93.3 cm³/mol. The minimum atomic E-state index is 0. The number of nitrogens with one attached hydrogen (secondary N) is 1. The van der Waals surface area contributed by atoms with Crippen molar-refractivity contribution in [1.29, 1.82) is 0 Å². The van der Waals surface area contributed by atoms with E-state index in [0.717, 1.165) is 37.4 Å². The van der Waals surface area contributed by atoms with Crippen molar-refractivity contribution in [2.45, 2.75) is 31.6 Å². The van der Waals surface area contributed by atoms with E-state index < -0.39 is 0 Å². The van der Waals surface area contributed by atoms with E-state index in [0.29, 0.717) is 18.0 Å². The molecule has 0 radical (unpaired) electrons. The molecule has 3 nitrogen and oxygen atoms in total. The molecule has 1 aliphatic heterocycles. The number of aryl methyl sites for hydroxylation is 1. The van der Waals surface area contributed by atoms with Crippen LogP contribution in [0.4, 0.5) is 0 Å². The van der Waals surface area contributed by atoms with E-state index in [9.17, 15) is 4.79 Å². The van der Waals surface area contributed by atoms with Crippen LogP contribution >= 0.6 is 23.7 Å². The summed E-state index contributed by atoms with van der Waals surface area (Å²) in [6.45, 7) is 2.11. The van der Waals surface area contributed by atoms with Gasteiger partial charge in [0.1, 0.15) is 5.69 Å². The van der Waals surface area contributed by atoms with Crippen LogP contribution in [-0.2, 0) is 6.42 Å². The van der Waals surface area contributed by atoms with Gasteiger partial charge in [-0.2, -0.15) is 0 Å². The van der Waals surface area contributed by atoms with E-state index in [-0.39, 0.29) is 18.2 Å². The molecule has 1 fully saturated rings. The quantitative estimate of drug-likeness (QED) is 0.843. The summed E-state index contributed by atoms with van der Waals surface area (Å²) in [6, 6.07) is 10.1. The van der Waals surface area contributed by atoms with Crippen molar-refractivity contribution in [3.8, 4) is 0 Å². The molecule has 5 heteroatoms. The molecule has 0 aliphatic carbocycles. The summed E-state index contributed by atoms with van der Waals surface area (Å²) in [6.07, 6.45) is 3.59. The maximum atomic E-state index is 12.2. The first-order chi connectivity index (χ1) is 10.3. The highest BCUT2D eigenvalue weighted by atomic mass is 35.5. The molecule has 0 saturated carbocycles. The van der Waals surface area contributed by atoms with Crippen molar-refractivity contribution in [3.05, 3.63) is 52.0 Å². The molecule has 0 bridgehead atoms. The molecule has 2 aromatic rings. The molecule has 2 heterocycles. The van der Waals surface area contributed by atoms with Crippen LogP contribution in [0, 0.1) is 0 Å². The molecule has 0 unspecified atom stereocenters. The van der Waals surface area contributed by atoms with E-state index >= 15 is 0 Å². The molecule has 0 amide bonds. The third kappa shape index (κ3) is 4.38. The minimum Gasteiger partial charge on any atom is -0.317 e. The molecular weight excluding hydrogens is 316 g/mol. The number of rotatable bonds is 5. The minimum absolute atomic E-state index is 0. The van der Waals surface area contributed by atoms with Gasteiger partial charge in [-0.05, 0) is 37.9 Å². The second kappa shape index (κ2) is 8.42. The summed E-state index contributed by atoms with van der Waals surface area (Å²) in [5.74, 6) is 0.696. The molecule has 1 aromatic heterocycles. The molecule has 1 aromatic carbocycles. The number of benzene rings is 1. The number of carbonyl (C=O) groups excluding carboxylic acids is 1. The summed E-state index contributed by atoms with van der Waals surface area (Å²) in [4.78, 5) is 16.8. The predicted octanol–water partition coefficient (Wildman–Crippen LogP) is 3.85. The molecule has 3 rings (SSSR count). The number of piperidine rings is 1. The Balaban J connectivity index is 0.00000176. The molecule has 22 heavy (non-hydrogen) atoms. The Labute approximate surface area is 141 Å². The lowest BCUT2D eigenvalue weighted by atomic mass is 9.99. The number of nitrogens with zero attached hydrogens (tertiary/aromatic N) is 1. The van der Waals surface area contributed by atoms with E-state index in [1.54, 1.807) is 11.3 Å². The lowest BCUT2D eigenvalue weighted by Crippen LogP contribution is -2.26. The van der Waals surface area contributed by atoms with Gasteiger partial charge in [0.2, 0.25) is 0 Å². The number of carbonyl (C=O) groups is 1. The number of ketones is 1. The van der Waals surface area contributed by atoms with Crippen molar-refractivity contribution in [3.63, 3.8) is 0 Å². The Morgan fingerprint density at radius 3 is 2.68 bits per heavy atom. The highest BCUT2D eigenvalue weighted by Gasteiger charge is 2.20. The van der Waals surface area contributed by atoms with Crippen LogP contribution in [0.1, 0.15) is 46.2 Å². The van der Waals surface area contributed by atoms with E-state index in [2.05, 4.69) is 22.4 Å². The Hall–Kier alpha value is -1.23. The van der Waals surface area contributed by atoms with Crippen LogP contribution in [-0.4, -0.2) is 23.9 Å². The lowest BCUT2D eigenvalue weighted by molar-refractivity contribution is 0.0978.